The smallest absolute Gasteiger partial charge is 0.244 e. The number of hydrogen-bond acceptors (Lipinski definition) is 3. The van der Waals surface area contributed by atoms with E-state index in [0.29, 0.717) is 11.6 Å². The highest BCUT2D eigenvalue weighted by atomic mass is 16.5. The number of hydrogen-bond donors (Lipinski definition) is 1. The first kappa shape index (κ1) is 18.7. The van der Waals surface area contributed by atoms with Crippen LogP contribution < -0.4 is 15.0 Å². The molecule has 28 heavy (non-hydrogen) atoms. The summed E-state index contributed by atoms with van der Waals surface area (Å²) in [6.07, 6.45) is 0.897. The first-order valence-corrected chi connectivity index (χ1v) is 9.93. The van der Waals surface area contributed by atoms with Gasteiger partial charge in [0.15, 0.2) is 0 Å². The molecule has 146 valence electrons. The van der Waals surface area contributed by atoms with Crippen LogP contribution in [0.2, 0.25) is 0 Å². The Morgan fingerprint density at radius 2 is 1.61 bits per heavy atom. The molecule has 2 aliphatic rings. The summed E-state index contributed by atoms with van der Waals surface area (Å²) in [4.78, 5) is 28.2. The maximum absolute atomic E-state index is 13.5. The molecule has 4 atom stereocenters. The van der Waals surface area contributed by atoms with E-state index in [1.165, 1.54) is 4.90 Å². The molecule has 5 nitrogen and oxygen atoms in total. The summed E-state index contributed by atoms with van der Waals surface area (Å²) in [6, 6.07) is 17.1. The van der Waals surface area contributed by atoms with Crippen molar-refractivity contribution < 1.29 is 19.6 Å². The highest BCUT2D eigenvalue weighted by Gasteiger charge is 2.62. The summed E-state index contributed by atoms with van der Waals surface area (Å²) < 4.78 is 5.57. The molecule has 4 rings (SSSR count). The predicted octanol–water partition coefficient (Wildman–Crippen LogP) is 2.53. The number of carbonyl (C=O) groups is 2. The fraction of sp³-hybridized carbons (Fsp3) is 0.391. The lowest BCUT2D eigenvalue weighted by molar-refractivity contribution is -0.712. The van der Waals surface area contributed by atoms with Gasteiger partial charge >= 0.3 is 0 Å². The predicted molar refractivity (Wildman–Crippen MR) is 107 cm³/mol. The molecule has 2 heterocycles. The molecule has 0 radical (unpaired) electrons. The van der Waals surface area contributed by atoms with Gasteiger partial charge in [0.25, 0.3) is 0 Å². The van der Waals surface area contributed by atoms with Crippen LogP contribution in [0.15, 0.2) is 54.6 Å². The Morgan fingerprint density at radius 3 is 2.29 bits per heavy atom. The monoisotopic (exact) mass is 379 g/mol. The lowest BCUT2D eigenvalue weighted by atomic mass is 9.84. The van der Waals surface area contributed by atoms with E-state index in [-0.39, 0.29) is 35.7 Å². The molecule has 0 bridgehead atoms. The van der Waals surface area contributed by atoms with Crippen molar-refractivity contribution in [2.45, 2.75) is 32.4 Å². The van der Waals surface area contributed by atoms with Crippen LogP contribution in [0.5, 0.6) is 5.75 Å². The number of fused-ring (bicyclic) bond motifs is 1. The largest absolute Gasteiger partial charge is 0.496 e. The van der Waals surface area contributed by atoms with E-state index in [1.807, 2.05) is 54.6 Å². The molecule has 2 N–H and O–H groups in total. The summed E-state index contributed by atoms with van der Waals surface area (Å²) in [5.74, 6) is 0.385. The normalized spacial score (nSPS) is 26.8. The second-order valence-corrected chi connectivity index (χ2v) is 8.15. The van der Waals surface area contributed by atoms with E-state index < -0.39 is 0 Å². The van der Waals surface area contributed by atoms with Gasteiger partial charge in [-0.1, -0.05) is 44.2 Å². The third-order valence-electron chi connectivity index (χ3n) is 5.96. The van der Waals surface area contributed by atoms with Gasteiger partial charge in [-0.25, -0.2) is 4.90 Å². The Hall–Kier alpha value is -2.66. The summed E-state index contributed by atoms with van der Waals surface area (Å²) >= 11 is 0. The number of benzene rings is 2. The first-order valence-electron chi connectivity index (χ1n) is 9.93. The van der Waals surface area contributed by atoms with E-state index in [2.05, 4.69) is 19.2 Å². The molecule has 2 fully saturated rings. The van der Waals surface area contributed by atoms with E-state index in [4.69, 9.17) is 4.74 Å². The second kappa shape index (κ2) is 7.40. The van der Waals surface area contributed by atoms with Gasteiger partial charge in [0.1, 0.15) is 23.6 Å². The molecule has 2 aliphatic heterocycles. The van der Waals surface area contributed by atoms with Gasteiger partial charge in [-0.15, -0.1) is 0 Å². The second-order valence-electron chi connectivity index (χ2n) is 8.15. The molecule has 2 aromatic carbocycles. The van der Waals surface area contributed by atoms with Gasteiger partial charge in [-0.2, -0.15) is 0 Å². The topological polar surface area (TPSA) is 63.2 Å². The minimum absolute atomic E-state index is 0.0690. The van der Waals surface area contributed by atoms with Crippen molar-refractivity contribution >= 4 is 17.5 Å². The van der Waals surface area contributed by atoms with Crippen molar-refractivity contribution in [2.24, 2.45) is 17.8 Å². The molecule has 0 unspecified atom stereocenters. The van der Waals surface area contributed by atoms with Crippen molar-refractivity contribution in [3.05, 3.63) is 60.2 Å². The Morgan fingerprint density at radius 1 is 0.964 bits per heavy atom. The number of rotatable bonds is 5. The number of imide groups is 1. The molecule has 0 aliphatic carbocycles. The van der Waals surface area contributed by atoms with Crippen LogP contribution in [0.3, 0.4) is 0 Å². The maximum atomic E-state index is 13.5. The Balaban J connectivity index is 1.77. The van der Waals surface area contributed by atoms with Crippen LogP contribution in [0.25, 0.3) is 0 Å². The minimum atomic E-state index is -0.368. The van der Waals surface area contributed by atoms with Crippen molar-refractivity contribution in [3.8, 4) is 5.75 Å². The Kier molecular flexibility index (Phi) is 4.94. The molecule has 2 amide bonds. The van der Waals surface area contributed by atoms with Gasteiger partial charge in [0, 0.05) is 6.42 Å². The maximum Gasteiger partial charge on any atom is 0.244 e. The molecular formula is C23H27N2O3+. The average molecular weight is 379 g/mol. The fourth-order valence-corrected chi connectivity index (χ4v) is 4.89. The lowest BCUT2D eigenvalue weighted by Crippen LogP contribution is -2.89. The SMILES string of the molecule is COc1ccccc1[C@@H]1[NH2+][C@H](CC(C)C)[C@@H]2C(=O)N(c3ccccc3)C(=O)[C@@H]21. The lowest BCUT2D eigenvalue weighted by Gasteiger charge is -2.22. The first-order chi connectivity index (χ1) is 13.5. The number of ether oxygens (including phenoxy) is 1. The quantitative estimate of drug-likeness (QED) is 0.812. The van der Waals surface area contributed by atoms with Crippen LogP contribution in [0.1, 0.15) is 31.9 Å². The zero-order valence-electron chi connectivity index (χ0n) is 16.5. The van der Waals surface area contributed by atoms with Crippen LogP contribution in [-0.4, -0.2) is 25.0 Å². The molecular weight excluding hydrogens is 352 g/mol. The number of anilines is 1. The number of para-hydroxylation sites is 2. The third-order valence-corrected chi connectivity index (χ3v) is 5.96. The number of nitrogens with zero attached hydrogens (tertiary/aromatic N) is 1. The number of methoxy groups -OCH3 is 1. The van der Waals surface area contributed by atoms with Gasteiger partial charge in [0.05, 0.1) is 24.4 Å². The molecule has 0 spiro atoms. The van der Waals surface area contributed by atoms with E-state index in [0.717, 1.165) is 17.7 Å². The zero-order chi connectivity index (χ0) is 19.8. The van der Waals surface area contributed by atoms with Gasteiger partial charge in [-0.05, 0) is 30.2 Å². The summed E-state index contributed by atoms with van der Waals surface area (Å²) in [5, 5.41) is 2.23. The Bertz CT molecular complexity index is 880. The van der Waals surface area contributed by atoms with E-state index >= 15 is 0 Å². The summed E-state index contributed by atoms with van der Waals surface area (Å²) in [7, 11) is 1.65. The zero-order valence-corrected chi connectivity index (χ0v) is 16.5. The molecule has 0 aromatic heterocycles. The van der Waals surface area contributed by atoms with E-state index in [9.17, 15) is 9.59 Å². The minimum Gasteiger partial charge on any atom is -0.496 e. The molecule has 2 aromatic rings. The number of nitrogens with two attached hydrogens (primary N) is 1. The average Bonchev–Trinajstić information content (AvgIpc) is 3.18. The van der Waals surface area contributed by atoms with Crippen LogP contribution in [-0.2, 0) is 9.59 Å². The molecule has 0 saturated carbocycles. The number of amides is 2. The number of carbonyl (C=O) groups excluding carboxylic acids is 2. The van der Waals surface area contributed by atoms with Crippen LogP contribution in [0.4, 0.5) is 5.69 Å². The third kappa shape index (κ3) is 3.00. The molecule has 5 heteroatoms. The fourth-order valence-electron chi connectivity index (χ4n) is 4.89. The van der Waals surface area contributed by atoms with Crippen molar-refractivity contribution in [1.82, 2.24) is 0 Å². The van der Waals surface area contributed by atoms with E-state index in [1.54, 1.807) is 7.11 Å². The van der Waals surface area contributed by atoms with Gasteiger partial charge in [-0.3, -0.25) is 9.59 Å². The highest BCUT2D eigenvalue weighted by Crippen LogP contribution is 2.44. The van der Waals surface area contributed by atoms with Crippen LogP contribution in [0, 0.1) is 17.8 Å². The molecule has 2 saturated heterocycles. The van der Waals surface area contributed by atoms with Crippen molar-refractivity contribution in [1.29, 1.82) is 0 Å². The van der Waals surface area contributed by atoms with Crippen LogP contribution >= 0.6 is 0 Å². The summed E-state index contributed by atoms with van der Waals surface area (Å²) in [6.45, 7) is 4.32. The summed E-state index contributed by atoms with van der Waals surface area (Å²) in [5.41, 5.74) is 1.65. The van der Waals surface area contributed by atoms with Crippen molar-refractivity contribution in [2.75, 3.05) is 12.0 Å². The standard InChI is InChI=1S/C23H26N2O3/c1-14(2)13-17-19-20(21(24-17)16-11-7-8-12-18(16)28-3)23(27)25(22(19)26)15-9-5-4-6-10-15/h4-12,14,17,19-21,24H,13H2,1-3H3/p+1/t17-,19+,20+,21+/m1/s1. The van der Waals surface area contributed by atoms with Gasteiger partial charge in [0.2, 0.25) is 11.8 Å². The highest BCUT2D eigenvalue weighted by molar-refractivity contribution is 6.22. The van der Waals surface area contributed by atoms with Crippen molar-refractivity contribution in [3.63, 3.8) is 0 Å². The number of quaternary nitrogens is 1. The van der Waals surface area contributed by atoms with Gasteiger partial charge < -0.3 is 10.1 Å². The Labute approximate surface area is 165 Å².